The molecule has 0 unspecified atom stereocenters. The van der Waals surface area contributed by atoms with Gasteiger partial charge in [-0.1, -0.05) is 31.2 Å². The molecule has 0 fully saturated rings. The van der Waals surface area contributed by atoms with Crippen LogP contribution in [-0.2, 0) is 13.0 Å². The minimum Gasteiger partial charge on any atom is -0.366 e. The van der Waals surface area contributed by atoms with Crippen LogP contribution >= 0.6 is 0 Å². The Labute approximate surface area is 126 Å². The van der Waals surface area contributed by atoms with Gasteiger partial charge < -0.3 is 10.7 Å². The first-order valence-electron chi connectivity index (χ1n) is 7.28. The summed E-state index contributed by atoms with van der Waals surface area (Å²) in [6.45, 7) is 6.92. The third kappa shape index (κ3) is 3.70. The van der Waals surface area contributed by atoms with E-state index >= 15 is 0 Å². The fourth-order valence-corrected chi connectivity index (χ4v) is 2.20. The number of hydrogen-bond acceptors (Lipinski definition) is 5. The molecule has 0 radical (unpaired) electrons. The van der Waals surface area contributed by atoms with Gasteiger partial charge in [0.1, 0.15) is 17.5 Å². The Morgan fingerprint density at radius 3 is 2.48 bits per heavy atom. The second-order valence-corrected chi connectivity index (χ2v) is 5.14. The quantitative estimate of drug-likeness (QED) is 0.562. The third-order valence-corrected chi connectivity index (χ3v) is 3.51. The summed E-state index contributed by atoms with van der Waals surface area (Å²) < 4.78 is 0. The van der Waals surface area contributed by atoms with Gasteiger partial charge in [0, 0.05) is 18.5 Å². The second-order valence-electron chi connectivity index (χ2n) is 5.14. The predicted molar refractivity (Wildman–Crippen MR) is 87.1 cm³/mol. The zero-order valence-corrected chi connectivity index (χ0v) is 12.9. The number of benzene rings is 1. The molecule has 0 amide bonds. The molecule has 0 saturated carbocycles. The molecule has 4 N–H and O–H groups in total. The Balaban J connectivity index is 2.22. The number of nitrogens with one attached hydrogen (secondary N) is 2. The summed E-state index contributed by atoms with van der Waals surface area (Å²) in [5, 5.41) is 3.40. The molecule has 0 atom stereocenters. The van der Waals surface area contributed by atoms with Gasteiger partial charge in [-0.15, -0.1) is 0 Å². The number of hydrogen-bond donors (Lipinski definition) is 3. The lowest BCUT2D eigenvalue weighted by atomic mass is 10.1. The van der Waals surface area contributed by atoms with Crippen LogP contribution in [0.2, 0.25) is 0 Å². The predicted octanol–water partition coefficient (Wildman–Crippen LogP) is 2.94. The SMILES string of the molecule is CCCc1nc(NN)c(C)c(NCc2ccccc2C)n1. The lowest BCUT2D eigenvalue weighted by Gasteiger charge is -2.14. The molecule has 0 aliphatic heterocycles. The van der Waals surface area contributed by atoms with Gasteiger partial charge in [-0.05, 0) is 31.4 Å². The van der Waals surface area contributed by atoms with Crippen LogP contribution in [0.4, 0.5) is 11.6 Å². The van der Waals surface area contributed by atoms with Gasteiger partial charge >= 0.3 is 0 Å². The molecule has 112 valence electrons. The summed E-state index contributed by atoms with van der Waals surface area (Å²) in [5.41, 5.74) is 6.11. The van der Waals surface area contributed by atoms with Crippen LogP contribution in [0, 0.1) is 13.8 Å². The Hall–Kier alpha value is -2.14. The summed E-state index contributed by atoms with van der Waals surface area (Å²) in [7, 11) is 0. The molecule has 1 heterocycles. The zero-order valence-electron chi connectivity index (χ0n) is 12.9. The smallest absolute Gasteiger partial charge is 0.148 e. The highest BCUT2D eigenvalue weighted by atomic mass is 15.3. The summed E-state index contributed by atoms with van der Waals surface area (Å²) >= 11 is 0. The van der Waals surface area contributed by atoms with Crippen LogP contribution in [0.3, 0.4) is 0 Å². The Morgan fingerprint density at radius 2 is 1.81 bits per heavy atom. The fourth-order valence-electron chi connectivity index (χ4n) is 2.20. The molecule has 0 saturated heterocycles. The second kappa shape index (κ2) is 7.04. The lowest BCUT2D eigenvalue weighted by molar-refractivity contribution is 0.830. The largest absolute Gasteiger partial charge is 0.366 e. The van der Waals surface area contributed by atoms with E-state index in [-0.39, 0.29) is 0 Å². The van der Waals surface area contributed by atoms with Crippen molar-refractivity contribution in [1.29, 1.82) is 0 Å². The van der Waals surface area contributed by atoms with E-state index in [1.165, 1.54) is 11.1 Å². The van der Waals surface area contributed by atoms with E-state index < -0.39 is 0 Å². The molecule has 2 aromatic rings. The van der Waals surface area contributed by atoms with Crippen molar-refractivity contribution in [3.8, 4) is 0 Å². The van der Waals surface area contributed by atoms with E-state index in [9.17, 15) is 0 Å². The number of aryl methyl sites for hydroxylation is 2. The monoisotopic (exact) mass is 285 g/mol. The molecular weight excluding hydrogens is 262 g/mol. The average molecular weight is 285 g/mol. The first-order valence-corrected chi connectivity index (χ1v) is 7.28. The van der Waals surface area contributed by atoms with Crippen LogP contribution in [0.25, 0.3) is 0 Å². The third-order valence-electron chi connectivity index (χ3n) is 3.51. The number of nitrogens with zero attached hydrogens (tertiary/aromatic N) is 2. The molecule has 2 rings (SSSR count). The van der Waals surface area contributed by atoms with Gasteiger partial charge in [0.2, 0.25) is 0 Å². The van der Waals surface area contributed by atoms with Crippen LogP contribution in [-0.4, -0.2) is 9.97 Å². The maximum atomic E-state index is 5.55. The molecule has 5 nitrogen and oxygen atoms in total. The number of anilines is 2. The maximum absolute atomic E-state index is 5.55. The average Bonchev–Trinajstić information content (AvgIpc) is 2.49. The minimum atomic E-state index is 0.681. The molecule has 1 aromatic carbocycles. The minimum absolute atomic E-state index is 0.681. The molecule has 21 heavy (non-hydrogen) atoms. The van der Waals surface area contributed by atoms with E-state index in [2.05, 4.69) is 46.7 Å². The van der Waals surface area contributed by atoms with Crippen LogP contribution in [0.15, 0.2) is 24.3 Å². The Morgan fingerprint density at radius 1 is 1.10 bits per heavy atom. The highest BCUT2D eigenvalue weighted by molar-refractivity contribution is 5.57. The Kier molecular flexibility index (Phi) is 5.11. The molecule has 5 heteroatoms. The van der Waals surface area contributed by atoms with Crippen molar-refractivity contribution in [2.45, 2.75) is 40.2 Å². The number of nitrogen functional groups attached to an aromatic ring is 1. The highest BCUT2D eigenvalue weighted by Gasteiger charge is 2.10. The first kappa shape index (κ1) is 15.3. The van der Waals surface area contributed by atoms with Gasteiger partial charge in [-0.2, -0.15) is 0 Å². The van der Waals surface area contributed by atoms with Gasteiger partial charge in [0.25, 0.3) is 0 Å². The summed E-state index contributed by atoms with van der Waals surface area (Å²) in [4.78, 5) is 9.02. The summed E-state index contributed by atoms with van der Waals surface area (Å²) in [5.74, 6) is 7.88. The highest BCUT2D eigenvalue weighted by Crippen LogP contribution is 2.21. The van der Waals surface area contributed by atoms with Crippen molar-refractivity contribution >= 4 is 11.6 Å². The number of rotatable bonds is 6. The molecule has 0 spiro atoms. The van der Waals surface area contributed by atoms with Crippen molar-refractivity contribution in [3.63, 3.8) is 0 Å². The lowest BCUT2D eigenvalue weighted by Crippen LogP contribution is -2.15. The molecule has 1 aromatic heterocycles. The van der Waals surface area contributed by atoms with Gasteiger partial charge in [-0.3, -0.25) is 0 Å². The maximum Gasteiger partial charge on any atom is 0.148 e. The molecule has 0 aliphatic rings. The molecule has 0 aliphatic carbocycles. The van der Waals surface area contributed by atoms with Gasteiger partial charge in [0.05, 0.1) is 0 Å². The van der Waals surface area contributed by atoms with Crippen molar-refractivity contribution in [2.75, 3.05) is 10.7 Å². The number of aromatic nitrogens is 2. The van der Waals surface area contributed by atoms with E-state index in [1.807, 2.05) is 19.1 Å². The summed E-state index contributed by atoms with van der Waals surface area (Å²) in [6, 6.07) is 8.32. The summed E-state index contributed by atoms with van der Waals surface area (Å²) in [6.07, 6.45) is 1.85. The Bertz CT molecular complexity index is 610. The number of nitrogens with two attached hydrogens (primary N) is 1. The van der Waals surface area contributed by atoms with Crippen LogP contribution in [0.1, 0.15) is 35.9 Å². The van der Waals surface area contributed by atoms with Crippen molar-refractivity contribution in [1.82, 2.24) is 9.97 Å². The molecule has 0 bridgehead atoms. The van der Waals surface area contributed by atoms with Gasteiger partial charge in [0.15, 0.2) is 0 Å². The van der Waals surface area contributed by atoms with Crippen molar-refractivity contribution in [2.24, 2.45) is 5.84 Å². The van der Waals surface area contributed by atoms with E-state index in [0.717, 1.165) is 36.6 Å². The van der Waals surface area contributed by atoms with Crippen LogP contribution < -0.4 is 16.6 Å². The molecular formula is C16H23N5. The standard InChI is InChI=1S/C16H23N5/c1-4-7-14-19-15(12(3)16(20-14)21-17)18-10-13-9-6-5-8-11(13)2/h5-6,8-9H,4,7,10,17H2,1-3H3,(H2,18,19,20,21). The zero-order chi connectivity index (χ0) is 15.2. The topological polar surface area (TPSA) is 75.9 Å². The van der Waals surface area contributed by atoms with Crippen molar-refractivity contribution in [3.05, 3.63) is 46.8 Å². The van der Waals surface area contributed by atoms with E-state index in [4.69, 9.17) is 5.84 Å². The van der Waals surface area contributed by atoms with E-state index in [1.54, 1.807) is 0 Å². The first-order chi connectivity index (χ1) is 10.2. The van der Waals surface area contributed by atoms with Crippen molar-refractivity contribution < 1.29 is 0 Å². The fraction of sp³-hybridized carbons (Fsp3) is 0.375. The van der Waals surface area contributed by atoms with E-state index in [0.29, 0.717) is 5.82 Å². The van der Waals surface area contributed by atoms with Gasteiger partial charge in [-0.25, -0.2) is 15.8 Å². The van der Waals surface area contributed by atoms with Crippen LogP contribution in [0.5, 0.6) is 0 Å². The normalized spacial score (nSPS) is 10.5. The number of hydrazine groups is 1.